The lowest BCUT2D eigenvalue weighted by atomic mass is 10.1. The van der Waals surface area contributed by atoms with Crippen LogP contribution in [0.5, 0.6) is 0 Å². The molecule has 1 atom stereocenters. The Morgan fingerprint density at radius 3 is 2.84 bits per heavy atom. The summed E-state index contributed by atoms with van der Waals surface area (Å²) in [6.45, 7) is 1.36. The maximum atomic E-state index is 13.1. The van der Waals surface area contributed by atoms with Gasteiger partial charge in [0, 0.05) is 13.1 Å². The minimum Gasteiger partial charge on any atom is -0.330 e. The number of benzene rings is 1. The van der Waals surface area contributed by atoms with Crippen LogP contribution in [0.25, 0.3) is 0 Å². The van der Waals surface area contributed by atoms with Gasteiger partial charge >= 0.3 is 0 Å². The number of aromatic amines is 1. The predicted molar refractivity (Wildman–Crippen MR) is 94.1 cm³/mol. The van der Waals surface area contributed by atoms with Gasteiger partial charge in [-0.25, -0.2) is 0 Å². The molecule has 2 aliphatic rings. The van der Waals surface area contributed by atoms with Crippen molar-refractivity contribution in [3.63, 3.8) is 0 Å². The fourth-order valence-electron chi connectivity index (χ4n) is 3.86. The summed E-state index contributed by atoms with van der Waals surface area (Å²) in [6, 6.07) is 9.36. The highest BCUT2D eigenvalue weighted by molar-refractivity contribution is 6.00. The van der Waals surface area contributed by atoms with Crippen molar-refractivity contribution in [1.82, 2.24) is 15.1 Å². The summed E-state index contributed by atoms with van der Waals surface area (Å²) in [5.41, 5.74) is 2.87. The average molecular weight is 338 g/mol. The number of hydrogen-bond donors (Lipinski definition) is 1. The molecule has 1 saturated heterocycles. The molecule has 130 valence electrons. The first-order valence-electron chi connectivity index (χ1n) is 8.91. The number of carbonyl (C=O) groups excluding carboxylic acids is 2. The lowest BCUT2D eigenvalue weighted by molar-refractivity contribution is -0.136. The number of hydrogen-bond acceptors (Lipinski definition) is 3. The Bertz CT molecular complexity index is 771. The number of amides is 2. The van der Waals surface area contributed by atoms with E-state index in [2.05, 4.69) is 10.2 Å². The van der Waals surface area contributed by atoms with Crippen LogP contribution in [0.3, 0.4) is 0 Å². The highest BCUT2D eigenvalue weighted by Gasteiger charge is 2.38. The van der Waals surface area contributed by atoms with Gasteiger partial charge in [-0.1, -0.05) is 30.3 Å². The van der Waals surface area contributed by atoms with Crippen molar-refractivity contribution >= 4 is 17.5 Å². The molecule has 0 saturated carbocycles. The summed E-state index contributed by atoms with van der Waals surface area (Å²) in [5, 5.41) is 7.05. The molecule has 0 radical (unpaired) electrons. The van der Waals surface area contributed by atoms with E-state index in [1.165, 1.54) is 0 Å². The van der Waals surface area contributed by atoms with Gasteiger partial charge < -0.3 is 9.80 Å². The topological polar surface area (TPSA) is 69.3 Å². The lowest BCUT2D eigenvalue weighted by Crippen LogP contribution is -2.49. The fraction of sp³-hybridized carbons (Fsp3) is 0.421. The van der Waals surface area contributed by atoms with Crippen LogP contribution in [0.4, 0.5) is 5.69 Å². The Morgan fingerprint density at radius 2 is 2.00 bits per heavy atom. The van der Waals surface area contributed by atoms with E-state index in [-0.39, 0.29) is 17.9 Å². The van der Waals surface area contributed by atoms with Crippen LogP contribution in [-0.2, 0) is 22.4 Å². The van der Waals surface area contributed by atoms with Gasteiger partial charge in [-0.15, -0.1) is 0 Å². The summed E-state index contributed by atoms with van der Waals surface area (Å²) in [6.07, 6.45) is 5.52. The second kappa shape index (κ2) is 6.70. The highest BCUT2D eigenvalue weighted by Crippen LogP contribution is 2.28. The molecule has 25 heavy (non-hydrogen) atoms. The molecule has 2 aromatic rings. The van der Waals surface area contributed by atoms with Crippen LogP contribution >= 0.6 is 0 Å². The first kappa shape index (κ1) is 15.9. The number of carbonyl (C=O) groups is 2. The average Bonchev–Trinajstić information content (AvgIpc) is 3.31. The number of aryl methyl sites for hydroxylation is 1. The van der Waals surface area contributed by atoms with Crippen LogP contribution in [0.15, 0.2) is 36.5 Å². The van der Waals surface area contributed by atoms with E-state index in [1.54, 1.807) is 16.0 Å². The normalized spacial score (nSPS) is 19.8. The zero-order chi connectivity index (χ0) is 17.2. The quantitative estimate of drug-likeness (QED) is 0.930. The van der Waals surface area contributed by atoms with E-state index in [0.717, 1.165) is 42.6 Å². The fourth-order valence-corrected chi connectivity index (χ4v) is 3.86. The molecule has 1 N–H and O–H groups in total. The lowest BCUT2D eigenvalue weighted by Gasteiger charge is -2.32. The minimum atomic E-state index is -0.350. The molecule has 3 heterocycles. The van der Waals surface area contributed by atoms with E-state index in [0.29, 0.717) is 19.5 Å². The SMILES string of the molecule is O=C(C1CCCN1C(=O)Cc1ccccc1)N1CCCc2[nH]ncc21. The van der Waals surface area contributed by atoms with Gasteiger partial charge in [0.2, 0.25) is 11.8 Å². The number of nitrogens with zero attached hydrogens (tertiary/aromatic N) is 3. The van der Waals surface area contributed by atoms with E-state index >= 15 is 0 Å². The summed E-state index contributed by atoms with van der Waals surface area (Å²) < 4.78 is 0. The Balaban J connectivity index is 1.50. The Labute approximate surface area is 146 Å². The van der Waals surface area contributed by atoms with Gasteiger partial charge in [-0.05, 0) is 31.2 Å². The van der Waals surface area contributed by atoms with Crippen LogP contribution in [0.2, 0.25) is 0 Å². The summed E-state index contributed by atoms with van der Waals surface area (Å²) in [5.74, 6) is 0.0627. The third-order valence-corrected chi connectivity index (χ3v) is 5.12. The minimum absolute atomic E-state index is 0.0289. The zero-order valence-corrected chi connectivity index (χ0v) is 14.1. The number of anilines is 1. The Kier molecular flexibility index (Phi) is 4.26. The van der Waals surface area contributed by atoms with Gasteiger partial charge in [0.25, 0.3) is 0 Å². The number of fused-ring (bicyclic) bond motifs is 1. The molecule has 1 aromatic carbocycles. The molecule has 0 bridgehead atoms. The molecule has 0 spiro atoms. The molecule has 0 aliphatic carbocycles. The standard InChI is InChI=1S/C19H22N4O2/c24-18(12-14-6-2-1-3-7-14)22-10-5-9-16(22)19(25)23-11-4-8-15-17(23)13-20-21-15/h1-3,6-7,13,16H,4-5,8-12H2,(H,20,21). The van der Waals surface area contributed by atoms with E-state index in [9.17, 15) is 9.59 Å². The van der Waals surface area contributed by atoms with Gasteiger partial charge in [0.05, 0.1) is 24.0 Å². The van der Waals surface area contributed by atoms with E-state index in [4.69, 9.17) is 0 Å². The van der Waals surface area contributed by atoms with Crippen LogP contribution in [0.1, 0.15) is 30.5 Å². The third-order valence-electron chi connectivity index (χ3n) is 5.12. The van der Waals surface area contributed by atoms with Crippen LogP contribution in [-0.4, -0.2) is 46.0 Å². The summed E-state index contributed by atoms with van der Waals surface area (Å²) in [7, 11) is 0. The molecule has 4 rings (SSSR count). The van der Waals surface area contributed by atoms with Gasteiger partial charge in [-0.3, -0.25) is 14.7 Å². The molecule has 1 aromatic heterocycles. The number of nitrogens with one attached hydrogen (secondary N) is 1. The monoisotopic (exact) mass is 338 g/mol. The van der Waals surface area contributed by atoms with Crippen molar-refractivity contribution < 1.29 is 9.59 Å². The van der Waals surface area contributed by atoms with Crippen molar-refractivity contribution in [2.24, 2.45) is 0 Å². The van der Waals surface area contributed by atoms with Crippen molar-refractivity contribution in [2.45, 2.75) is 38.1 Å². The van der Waals surface area contributed by atoms with Gasteiger partial charge in [0.1, 0.15) is 6.04 Å². The second-order valence-electron chi connectivity index (χ2n) is 6.73. The molecule has 6 nitrogen and oxygen atoms in total. The van der Waals surface area contributed by atoms with Crippen molar-refractivity contribution in [3.8, 4) is 0 Å². The first-order valence-corrected chi connectivity index (χ1v) is 8.91. The zero-order valence-electron chi connectivity index (χ0n) is 14.1. The van der Waals surface area contributed by atoms with Crippen molar-refractivity contribution in [2.75, 3.05) is 18.0 Å². The maximum Gasteiger partial charge on any atom is 0.249 e. The third kappa shape index (κ3) is 3.04. The van der Waals surface area contributed by atoms with Gasteiger partial charge in [0.15, 0.2) is 0 Å². The van der Waals surface area contributed by atoms with Crippen molar-refractivity contribution in [3.05, 3.63) is 47.8 Å². The smallest absolute Gasteiger partial charge is 0.249 e. The Hall–Kier alpha value is -2.63. The first-order chi connectivity index (χ1) is 12.2. The molecule has 6 heteroatoms. The molecule has 1 fully saturated rings. The molecular formula is C19H22N4O2. The van der Waals surface area contributed by atoms with Gasteiger partial charge in [-0.2, -0.15) is 5.10 Å². The molecular weight excluding hydrogens is 316 g/mol. The number of rotatable bonds is 3. The highest BCUT2D eigenvalue weighted by atomic mass is 16.2. The van der Waals surface area contributed by atoms with Crippen LogP contribution in [0, 0.1) is 0 Å². The molecule has 2 amide bonds. The van der Waals surface area contributed by atoms with E-state index in [1.807, 2.05) is 30.3 Å². The van der Waals surface area contributed by atoms with Crippen LogP contribution < -0.4 is 4.90 Å². The molecule has 1 unspecified atom stereocenters. The largest absolute Gasteiger partial charge is 0.330 e. The second-order valence-corrected chi connectivity index (χ2v) is 6.73. The molecule has 2 aliphatic heterocycles. The van der Waals surface area contributed by atoms with E-state index < -0.39 is 0 Å². The van der Waals surface area contributed by atoms with Crippen molar-refractivity contribution in [1.29, 1.82) is 0 Å². The maximum absolute atomic E-state index is 13.1. The predicted octanol–water partition coefficient (Wildman–Crippen LogP) is 1.92. The number of aromatic nitrogens is 2. The summed E-state index contributed by atoms with van der Waals surface area (Å²) >= 11 is 0. The number of likely N-dealkylation sites (tertiary alicyclic amines) is 1. The summed E-state index contributed by atoms with van der Waals surface area (Å²) in [4.78, 5) is 29.4. The number of H-pyrrole nitrogens is 1. The Morgan fingerprint density at radius 1 is 1.16 bits per heavy atom.